The van der Waals surface area contributed by atoms with Gasteiger partial charge in [0.15, 0.2) is 0 Å². The number of fused-ring (bicyclic) bond motifs is 2. The van der Waals surface area contributed by atoms with E-state index in [1.54, 1.807) is 29.6 Å². The Kier molecular flexibility index (Phi) is 7.73. The molecule has 34 heavy (non-hydrogen) atoms. The number of benzene rings is 1. The number of halogens is 3. The summed E-state index contributed by atoms with van der Waals surface area (Å²) in [5.74, 6) is -0.0160. The number of carbonyl (C=O) groups excluding carboxylic acids is 1. The van der Waals surface area contributed by atoms with E-state index in [2.05, 4.69) is 37.4 Å². The second-order valence-corrected chi connectivity index (χ2v) is 11.5. The van der Waals surface area contributed by atoms with Gasteiger partial charge in [0.1, 0.15) is 16.6 Å². The molecule has 7 nitrogen and oxygen atoms in total. The van der Waals surface area contributed by atoms with Gasteiger partial charge in [0.05, 0.1) is 34.7 Å². The fraction of sp³-hybridized carbons (Fsp3) is 0.429. The highest BCUT2D eigenvalue weighted by atomic mass is 32.2. The Bertz CT molecular complexity index is 1260. The highest BCUT2D eigenvalue weighted by Crippen LogP contribution is 2.46. The minimum absolute atomic E-state index is 0.0160. The maximum absolute atomic E-state index is 11.8. The van der Waals surface area contributed by atoms with E-state index in [9.17, 15) is 18.0 Å². The number of thiazole rings is 1. The van der Waals surface area contributed by atoms with Gasteiger partial charge in [-0.05, 0) is 31.5 Å². The number of para-hydroxylation sites is 1. The molecule has 0 fully saturated rings. The molecule has 4 rings (SSSR count). The fourth-order valence-corrected chi connectivity index (χ4v) is 6.39. The first-order chi connectivity index (χ1) is 15.8. The van der Waals surface area contributed by atoms with Crippen LogP contribution in [0.15, 0.2) is 24.3 Å². The van der Waals surface area contributed by atoms with Crippen LogP contribution in [0.5, 0.6) is 0 Å². The summed E-state index contributed by atoms with van der Waals surface area (Å²) >= 11 is 3.47. The van der Waals surface area contributed by atoms with Crippen molar-refractivity contribution in [2.75, 3.05) is 25.0 Å². The number of anilines is 1. The Labute approximate surface area is 203 Å². The number of aromatic nitrogens is 1. The maximum Gasteiger partial charge on any atom is 0.522 e. The molecule has 0 aliphatic carbocycles. The molecule has 2 N–H and O–H groups in total. The molecule has 0 unspecified atom stereocenters. The van der Waals surface area contributed by atoms with Gasteiger partial charge in [0, 0.05) is 18.9 Å². The molecule has 3 heterocycles. The standard InChI is InChI=1S/C20H23N3OS2.CHF3O3S/c1-4-23(5-2)11-10-14-17(12-23)26-19(21-13(3)24)18(14)20-22-15-8-6-7-9-16(15)25-20;2-1(3,4)8(5,6)7/h6-9H,4-5,10-12H2,1-3H3;(H,5,6,7)/p+1. The molecule has 0 radical (unpaired) electrons. The summed E-state index contributed by atoms with van der Waals surface area (Å²) in [4.78, 5) is 18.1. The van der Waals surface area contributed by atoms with E-state index in [0.29, 0.717) is 0 Å². The van der Waals surface area contributed by atoms with Gasteiger partial charge in [-0.15, -0.1) is 22.7 Å². The number of thiophene rings is 1. The molecule has 186 valence electrons. The number of amides is 1. The van der Waals surface area contributed by atoms with Crippen LogP contribution < -0.4 is 5.32 Å². The lowest BCUT2D eigenvalue weighted by molar-refractivity contribution is -0.939. The number of carbonyl (C=O) groups is 1. The predicted octanol–water partition coefficient (Wildman–Crippen LogP) is 5.29. The summed E-state index contributed by atoms with van der Waals surface area (Å²) in [6.45, 7) is 10.7. The second kappa shape index (κ2) is 9.90. The first kappa shape index (κ1) is 26.5. The summed E-state index contributed by atoms with van der Waals surface area (Å²) in [6, 6.07) is 8.25. The summed E-state index contributed by atoms with van der Waals surface area (Å²) in [5, 5.41) is 5.07. The molecule has 0 spiro atoms. The fourth-order valence-electron chi connectivity index (χ4n) is 3.85. The predicted molar refractivity (Wildman–Crippen MR) is 128 cm³/mol. The minimum Gasteiger partial charge on any atom is -0.319 e. The molecule has 13 heteroatoms. The number of alkyl halides is 3. The van der Waals surface area contributed by atoms with Crippen molar-refractivity contribution in [2.45, 2.75) is 39.2 Å². The van der Waals surface area contributed by atoms with Crippen molar-refractivity contribution in [3.63, 3.8) is 0 Å². The van der Waals surface area contributed by atoms with E-state index >= 15 is 0 Å². The number of rotatable bonds is 4. The van der Waals surface area contributed by atoms with E-state index in [-0.39, 0.29) is 5.91 Å². The van der Waals surface area contributed by atoms with Gasteiger partial charge >= 0.3 is 15.6 Å². The third-order valence-electron chi connectivity index (χ3n) is 5.84. The topological polar surface area (TPSA) is 96.4 Å². The van der Waals surface area contributed by atoms with E-state index in [1.807, 2.05) is 6.07 Å². The van der Waals surface area contributed by atoms with Crippen molar-refractivity contribution in [1.29, 1.82) is 0 Å². The first-order valence-electron chi connectivity index (χ1n) is 10.5. The van der Waals surface area contributed by atoms with Gasteiger partial charge in [-0.25, -0.2) is 4.98 Å². The van der Waals surface area contributed by atoms with Crippen molar-refractivity contribution in [3.8, 4) is 10.6 Å². The van der Waals surface area contributed by atoms with Crippen LogP contribution in [0, 0.1) is 0 Å². The van der Waals surface area contributed by atoms with Gasteiger partial charge in [-0.2, -0.15) is 21.6 Å². The number of quaternary nitrogens is 1. The summed E-state index contributed by atoms with van der Waals surface area (Å²) in [6.07, 6.45) is 1.05. The lowest BCUT2D eigenvalue weighted by atomic mass is 10.0. The molecule has 0 atom stereocenters. The molecule has 3 aromatic rings. The number of likely N-dealkylation sites (N-methyl/N-ethyl adjacent to an activating group) is 1. The van der Waals surface area contributed by atoms with Gasteiger partial charge in [0.25, 0.3) is 0 Å². The maximum atomic E-state index is 11.8. The summed E-state index contributed by atoms with van der Waals surface area (Å²) < 4.78 is 59.9. The molecule has 1 aliphatic heterocycles. The van der Waals surface area contributed by atoms with Crippen LogP contribution in [0.1, 0.15) is 31.2 Å². The highest BCUT2D eigenvalue weighted by Gasteiger charge is 2.44. The summed E-state index contributed by atoms with van der Waals surface area (Å²) in [7, 11) is -5.84. The number of nitrogens with one attached hydrogen (secondary N) is 1. The van der Waals surface area contributed by atoms with Crippen LogP contribution >= 0.6 is 22.7 Å². The van der Waals surface area contributed by atoms with Crippen LogP contribution in [0.2, 0.25) is 0 Å². The Morgan fingerprint density at radius 1 is 1.21 bits per heavy atom. The van der Waals surface area contributed by atoms with Crippen LogP contribution in [-0.4, -0.2) is 53.5 Å². The monoisotopic (exact) mass is 536 g/mol. The van der Waals surface area contributed by atoms with E-state index in [0.717, 1.165) is 58.2 Å². The van der Waals surface area contributed by atoms with Crippen LogP contribution in [-0.2, 0) is 27.9 Å². The van der Waals surface area contributed by atoms with Gasteiger partial charge in [-0.3, -0.25) is 9.35 Å². The summed E-state index contributed by atoms with van der Waals surface area (Å²) in [5.41, 5.74) is -1.95. The number of nitrogens with zero attached hydrogens (tertiary/aromatic N) is 2. The van der Waals surface area contributed by atoms with Crippen molar-refractivity contribution in [1.82, 2.24) is 4.98 Å². The first-order valence-corrected chi connectivity index (χ1v) is 13.5. The van der Waals surface area contributed by atoms with E-state index in [1.165, 1.54) is 15.1 Å². The normalized spacial score (nSPS) is 15.4. The zero-order chi connectivity index (χ0) is 25.3. The van der Waals surface area contributed by atoms with Gasteiger partial charge in [0.2, 0.25) is 5.91 Å². The molecule has 2 aromatic heterocycles. The van der Waals surface area contributed by atoms with Crippen molar-refractivity contribution >= 4 is 53.9 Å². The average Bonchev–Trinajstić information content (AvgIpc) is 3.31. The number of hydrogen-bond donors (Lipinski definition) is 2. The van der Waals surface area contributed by atoms with Crippen molar-refractivity contribution < 1.29 is 35.4 Å². The minimum atomic E-state index is -5.84. The lowest BCUT2D eigenvalue weighted by Crippen LogP contribution is -2.50. The third kappa shape index (κ3) is 5.60. The van der Waals surface area contributed by atoms with Crippen LogP contribution in [0.25, 0.3) is 20.8 Å². The zero-order valence-electron chi connectivity index (χ0n) is 18.8. The number of hydrogen-bond acceptors (Lipinski definition) is 6. The molecule has 0 bridgehead atoms. The van der Waals surface area contributed by atoms with Crippen LogP contribution in [0.3, 0.4) is 0 Å². The second-order valence-electron chi connectivity index (χ2n) is 7.90. The lowest BCUT2D eigenvalue weighted by Gasteiger charge is -2.39. The van der Waals surface area contributed by atoms with Crippen LogP contribution in [0.4, 0.5) is 18.2 Å². The molecule has 0 saturated heterocycles. The van der Waals surface area contributed by atoms with Gasteiger partial charge in [-0.1, -0.05) is 12.1 Å². The van der Waals surface area contributed by atoms with Crippen molar-refractivity contribution in [2.24, 2.45) is 0 Å². The SMILES string of the molecule is CC[N+]1(CC)CCc2c(sc(NC(C)=O)c2-c2nc3ccccc3s2)C1.O=S(=O)(O)C(F)(F)F. The van der Waals surface area contributed by atoms with E-state index < -0.39 is 15.6 Å². The largest absolute Gasteiger partial charge is 0.522 e. The quantitative estimate of drug-likeness (QED) is 0.268. The van der Waals surface area contributed by atoms with E-state index in [4.69, 9.17) is 18.0 Å². The highest BCUT2D eigenvalue weighted by molar-refractivity contribution is 7.86. The Hall–Kier alpha value is -2.06. The molecule has 1 aliphatic rings. The van der Waals surface area contributed by atoms with Crippen molar-refractivity contribution in [3.05, 3.63) is 34.7 Å². The Morgan fingerprint density at radius 2 is 1.82 bits per heavy atom. The molecular weight excluding hydrogens is 511 g/mol. The molecule has 0 saturated carbocycles. The molecule has 1 aromatic carbocycles. The third-order valence-corrected chi connectivity index (χ3v) is 8.61. The Balaban J connectivity index is 0.000000350. The Morgan fingerprint density at radius 3 is 2.35 bits per heavy atom. The average molecular weight is 537 g/mol. The molecular formula is C21H25F3N3O4S3+. The smallest absolute Gasteiger partial charge is 0.319 e. The zero-order valence-corrected chi connectivity index (χ0v) is 21.2. The van der Waals surface area contributed by atoms with Gasteiger partial charge < -0.3 is 9.80 Å². The molecule has 1 amide bonds.